The standard InChI is InChI=1S/C12H12FNO2/c1-2-6-15-7-8-16-12-5-3-4-11(13)10(12)9-14/h2-5H,1,6-8H2. The lowest BCUT2D eigenvalue weighted by Gasteiger charge is -2.07. The van der Waals surface area contributed by atoms with Crippen LogP contribution in [0.2, 0.25) is 0 Å². The fraction of sp³-hybridized carbons (Fsp3) is 0.250. The molecule has 0 aromatic heterocycles. The molecule has 0 fully saturated rings. The molecule has 0 radical (unpaired) electrons. The Morgan fingerprint density at radius 1 is 1.44 bits per heavy atom. The Morgan fingerprint density at radius 2 is 2.25 bits per heavy atom. The molecule has 0 heterocycles. The SMILES string of the molecule is C=CCOCCOc1cccc(F)c1C#N. The van der Waals surface area contributed by atoms with E-state index in [1.807, 2.05) is 0 Å². The fourth-order valence-electron chi connectivity index (χ4n) is 1.11. The van der Waals surface area contributed by atoms with Gasteiger partial charge in [0, 0.05) is 0 Å². The van der Waals surface area contributed by atoms with Gasteiger partial charge in [-0.15, -0.1) is 6.58 Å². The van der Waals surface area contributed by atoms with Gasteiger partial charge in [-0.05, 0) is 12.1 Å². The monoisotopic (exact) mass is 221 g/mol. The number of hydrogen-bond acceptors (Lipinski definition) is 3. The molecule has 0 saturated heterocycles. The third-order valence-electron chi connectivity index (χ3n) is 1.81. The van der Waals surface area contributed by atoms with E-state index in [0.717, 1.165) is 0 Å². The van der Waals surface area contributed by atoms with E-state index in [4.69, 9.17) is 14.7 Å². The molecule has 1 aromatic carbocycles. The zero-order valence-corrected chi connectivity index (χ0v) is 8.78. The summed E-state index contributed by atoms with van der Waals surface area (Å²) in [5.41, 5.74) is -0.0776. The lowest BCUT2D eigenvalue weighted by molar-refractivity contribution is 0.121. The van der Waals surface area contributed by atoms with Gasteiger partial charge in [0.1, 0.15) is 29.8 Å². The summed E-state index contributed by atoms with van der Waals surface area (Å²) in [5, 5.41) is 8.73. The maximum atomic E-state index is 13.1. The molecular weight excluding hydrogens is 209 g/mol. The van der Waals surface area contributed by atoms with E-state index in [-0.39, 0.29) is 17.9 Å². The van der Waals surface area contributed by atoms with Crippen molar-refractivity contribution in [1.82, 2.24) is 0 Å². The van der Waals surface area contributed by atoms with E-state index in [1.165, 1.54) is 12.1 Å². The first kappa shape index (κ1) is 12.2. The van der Waals surface area contributed by atoms with Gasteiger partial charge in [0.25, 0.3) is 0 Å². The highest BCUT2D eigenvalue weighted by Gasteiger charge is 2.08. The van der Waals surface area contributed by atoms with E-state index in [9.17, 15) is 4.39 Å². The molecule has 0 N–H and O–H groups in total. The van der Waals surface area contributed by atoms with Gasteiger partial charge in [-0.25, -0.2) is 4.39 Å². The van der Waals surface area contributed by atoms with Gasteiger partial charge in [-0.3, -0.25) is 0 Å². The maximum Gasteiger partial charge on any atom is 0.144 e. The molecule has 0 bridgehead atoms. The van der Waals surface area contributed by atoms with E-state index >= 15 is 0 Å². The summed E-state index contributed by atoms with van der Waals surface area (Å²) in [6.07, 6.45) is 1.63. The van der Waals surface area contributed by atoms with E-state index in [0.29, 0.717) is 13.2 Å². The van der Waals surface area contributed by atoms with E-state index in [2.05, 4.69) is 6.58 Å². The van der Waals surface area contributed by atoms with Crippen LogP contribution in [-0.4, -0.2) is 19.8 Å². The minimum absolute atomic E-state index is 0.0776. The van der Waals surface area contributed by atoms with Crippen LogP contribution in [0.3, 0.4) is 0 Å². The van der Waals surface area contributed by atoms with Crippen LogP contribution in [0.25, 0.3) is 0 Å². The highest BCUT2D eigenvalue weighted by atomic mass is 19.1. The van der Waals surface area contributed by atoms with Gasteiger partial charge >= 0.3 is 0 Å². The molecule has 1 rings (SSSR count). The summed E-state index contributed by atoms with van der Waals surface area (Å²) in [5.74, 6) is -0.336. The second-order valence-electron chi connectivity index (χ2n) is 2.94. The molecule has 3 nitrogen and oxygen atoms in total. The highest BCUT2D eigenvalue weighted by Crippen LogP contribution is 2.19. The number of nitriles is 1. The predicted molar refractivity (Wildman–Crippen MR) is 57.6 cm³/mol. The quantitative estimate of drug-likeness (QED) is 0.546. The largest absolute Gasteiger partial charge is 0.490 e. The molecular formula is C12H12FNO2. The predicted octanol–water partition coefficient (Wildman–Crippen LogP) is 2.28. The Hall–Kier alpha value is -1.86. The van der Waals surface area contributed by atoms with E-state index in [1.54, 1.807) is 18.2 Å². The first-order valence-electron chi connectivity index (χ1n) is 4.79. The van der Waals surface area contributed by atoms with Gasteiger partial charge in [0.15, 0.2) is 0 Å². The van der Waals surface area contributed by atoms with E-state index < -0.39 is 5.82 Å². The molecule has 0 spiro atoms. The van der Waals surface area contributed by atoms with Crippen LogP contribution in [0.1, 0.15) is 5.56 Å². The Kier molecular flexibility index (Phi) is 5.03. The molecule has 0 saturated carbocycles. The molecule has 84 valence electrons. The average molecular weight is 221 g/mol. The summed E-state index contributed by atoms with van der Waals surface area (Å²) in [6, 6.07) is 6.03. The van der Waals surface area contributed by atoms with Gasteiger partial charge < -0.3 is 9.47 Å². The molecule has 16 heavy (non-hydrogen) atoms. The number of halogens is 1. The minimum Gasteiger partial charge on any atom is -0.490 e. The molecule has 0 aliphatic heterocycles. The first-order chi connectivity index (χ1) is 7.79. The van der Waals surface area contributed by atoms with Crippen molar-refractivity contribution in [2.75, 3.05) is 19.8 Å². The Labute approximate surface area is 93.7 Å². The molecule has 0 atom stereocenters. The Morgan fingerprint density at radius 3 is 2.94 bits per heavy atom. The second kappa shape index (κ2) is 6.59. The summed E-state index contributed by atoms with van der Waals surface area (Å²) < 4.78 is 23.5. The zero-order valence-electron chi connectivity index (χ0n) is 8.78. The lowest BCUT2D eigenvalue weighted by atomic mass is 10.2. The van der Waals surface area contributed by atoms with Crippen LogP contribution in [-0.2, 0) is 4.74 Å². The second-order valence-corrected chi connectivity index (χ2v) is 2.94. The van der Waals surface area contributed by atoms with Crippen molar-refractivity contribution in [1.29, 1.82) is 5.26 Å². The maximum absolute atomic E-state index is 13.1. The summed E-state index contributed by atoms with van der Waals surface area (Å²) in [4.78, 5) is 0. The number of nitrogens with zero attached hydrogens (tertiary/aromatic N) is 1. The lowest BCUT2D eigenvalue weighted by Crippen LogP contribution is -2.07. The normalized spacial score (nSPS) is 9.50. The smallest absolute Gasteiger partial charge is 0.144 e. The Bertz CT molecular complexity index is 398. The fourth-order valence-corrected chi connectivity index (χ4v) is 1.11. The molecule has 0 aliphatic carbocycles. The van der Waals surface area contributed by atoms with Crippen LogP contribution >= 0.6 is 0 Å². The van der Waals surface area contributed by atoms with Crippen molar-refractivity contribution < 1.29 is 13.9 Å². The third-order valence-corrected chi connectivity index (χ3v) is 1.81. The van der Waals surface area contributed by atoms with Crippen molar-refractivity contribution in [3.63, 3.8) is 0 Å². The van der Waals surface area contributed by atoms with Crippen LogP contribution < -0.4 is 4.74 Å². The van der Waals surface area contributed by atoms with Gasteiger partial charge in [-0.1, -0.05) is 12.1 Å². The molecule has 0 amide bonds. The summed E-state index contributed by atoms with van der Waals surface area (Å²) in [6.45, 7) is 4.58. The van der Waals surface area contributed by atoms with Crippen molar-refractivity contribution in [2.24, 2.45) is 0 Å². The minimum atomic E-state index is -0.577. The Balaban J connectivity index is 2.51. The molecule has 0 unspecified atom stereocenters. The highest BCUT2D eigenvalue weighted by molar-refractivity contribution is 5.43. The van der Waals surface area contributed by atoms with Crippen molar-refractivity contribution in [3.8, 4) is 11.8 Å². The number of benzene rings is 1. The first-order valence-corrected chi connectivity index (χ1v) is 4.79. The molecule has 1 aromatic rings. The number of ether oxygens (including phenoxy) is 2. The van der Waals surface area contributed by atoms with Crippen molar-refractivity contribution in [3.05, 3.63) is 42.2 Å². The average Bonchev–Trinajstić information content (AvgIpc) is 2.29. The summed E-state index contributed by atoms with van der Waals surface area (Å²) >= 11 is 0. The molecule has 4 heteroatoms. The molecule has 0 aliphatic rings. The van der Waals surface area contributed by atoms with Crippen molar-refractivity contribution >= 4 is 0 Å². The van der Waals surface area contributed by atoms with Gasteiger partial charge in [0.2, 0.25) is 0 Å². The summed E-state index contributed by atoms with van der Waals surface area (Å²) in [7, 11) is 0. The number of rotatable bonds is 6. The van der Waals surface area contributed by atoms with Crippen molar-refractivity contribution in [2.45, 2.75) is 0 Å². The zero-order chi connectivity index (χ0) is 11.8. The van der Waals surface area contributed by atoms with Gasteiger partial charge in [0.05, 0.1) is 13.2 Å². The van der Waals surface area contributed by atoms with Crippen LogP contribution in [0.5, 0.6) is 5.75 Å². The number of hydrogen-bond donors (Lipinski definition) is 0. The van der Waals surface area contributed by atoms with Gasteiger partial charge in [-0.2, -0.15) is 5.26 Å². The topological polar surface area (TPSA) is 42.2 Å². The van der Waals surface area contributed by atoms with Crippen LogP contribution in [0, 0.1) is 17.1 Å². The van der Waals surface area contributed by atoms with Crippen LogP contribution in [0.15, 0.2) is 30.9 Å². The van der Waals surface area contributed by atoms with Crippen LogP contribution in [0.4, 0.5) is 4.39 Å². The third kappa shape index (κ3) is 3.37.